The van der Waals surface area contributed by atoms with E-state index in [0.717, 1.165) is 6.07 Å². The standard InChI is InChI=1S/C14H22F2N2O2/c1-19-7-5-18(6-8-20-2)14(10-17)12-4-3-11(15)9-13(12)16/h3-4,9,14H,5-8,10,17H2,1-2H3. The Bertz CT molecular complexity index is 397. The van der Waals surface area contributed by atoms with Crippen LogP contribution in [0.1, 0.15) is 11.6 Å². The lowest BCUT2D eigenvalue weighted by atomic mass is 10.0. The smallest absolute Gasteiger partial charge is 0.130 e. The van der Waals surface area contributed by atoms with Gasteiger partial charge in [-0.3, -0.25) is 4.90 Å². The first kappa shape index (κ1) is 17.0. The van der Waals surface area contributed by atoms with Crippen LogP contribution >= 0.6 is 0 Å². The van der Waals surface area contributed by atoms with E-state index >= 15 is 0 Å². The molecular weight excluding hydrogens is 266 g/mol. The minimum atomic E-state index is -0.595. The van der Waals surface area contributed by atoms with E-state index in [1.165, 1.54) is 12.1 Å². The van der Waals surface area contributed by atoms with Crippen molar-refractivity contribution in [3.05, 3.63) is 35.4 Å². The van der Waals surface area contributed by atoms with Crippen LogP contribution in [0, 0.1) is 11.6 Å². The lowest BCUT2D eigenvalue weighted by Crippen LogP contribution is -2.38. The van der Waals surface area contributed by atoms with Gasteiger partial charge in [0.1, 0.15) is 11.6 Å². The van der Waals surface area contributed by atoms with Gasteiger partial charge in [-0.25, -0.2) is 8.78 Å². The van der Waals surface area contributed by atoms with Gasteiger partial charge in [-0.05, 0) is 6.07 Å². The zero-order chi connectivity index (χ0) is 15.0. The average Bonchev–Trinajstić information content (AvgIpc) is 2.43. The molecule has 4 nitrogen and oxygen atoms in total. The van der Waals surface area contributed by atoms with E-state index in [1.54, 1.807) is 14.2 Å². The topological polar surface area (TPSA) is 47.7 Å². The van der Waals surface area contributed by atoms with Gasteiger partial charge in [-0.1, -0.05) is 6.07 Å². The van der Waals surface area contributed by atoms with Crippen molar-refractivity contribution in [3.8, 4) is 0 Å². The summed E-state index contributed by atoms with van der Waals surface area (Å²) in [6.45, 7) is 2.43. The third-order valence-corrected chi connectivity index (χ3v) is 3.15. The van der Waals surface area contributed by atoms with Gasteiger partial charge in [-0.15, -0.1) is 0 Å². The monoisotopic (exact) mass is 288 g/mol. The van der Waals surface area contributed by atoms with Crippen molar-refractivity contribution in [1.29, 1.82) is 0 Å². The van der Waals surface area contributed by atoms with Gasteiger partial charge < -0.3 is 15.2 Å². The highest BCUT2D eigenvalue weighted by atomic mass is 19.1. The maximum atomic E-state index is 13.9. The molecule has 0 bridgehead atoms. The Hall–Kier alpha value is -1.08. The zero-order valence-corrected chi connectivity index (χ0v) is 11.9. The van der Waals surface area contributed by atoms with Crippen molar-refractivity contribution in [3.63, 3.8) is 0 Å². The molecule has 1 rings (SSSR count). The average molecular weight is 288 g/mol. The van der Waals surface area contributed by atoms with Crippen molar-refractivity contribution < 1.29 is 18.3 Å². The number of hydrogen-bond donors (Lipinski definition) is 1. The predicted octanol–water partition coefficient (Wildman–Crippen LogP) is 1.56. The summed E-state index contributed by atoms with van der Waals surface area (Å²) in [6, 6.07) is 3.23. The third-order valence-electron chi connectivity index (χ3n) is 3.15. The van der Waals surface area contributed by atoms with E-state index in [-0.39, 0.29) is 12.6 Å². The van der Waals surface area contributed by atoms with E-state index in [0.29, 0.717) is 31.9 Å². The summed E-state index contributed by atoms with van der Waals surface area (Å²) in [7, 11) is 3.20. The maximum Gasteiger partial charge on any atom is 0.130 e. The molecule has 0 aliphatic carbocycles. The van der Waals surface area contributed by atoms with Crippen LogP contribution in [-0.2, 0) is 9.47 Å². The lowest BCUT2D eigenvalue weighted by Gasteiger charge is -2.31. The molecule has 0 aliphatic rings. The first-order chi connectivity index (χ1) is 9.63. The number of nitrogens with zero attached hydrogens (tertiary/aromatic N) is 1. The van der Waals surface area contributed by atoms with Crippen molar-refractivity contribution in [2.24, 2.45) is 5.73 Å². The molecule has 0 saturated carbocycles. The van der Waals surface area contributed by atoms with Crippen LogP contribution in [-0.4, -0.2) is 52.0 Å². The molecule has 0 aromatic heterocycles. The summed E-state index contributed by atoms with van der Waals surface area (Å²) in [6.07, 6.45) is 0. The van der Waals surface area contributed by atoms with Gasteiger partial charge in [0.05, 0.1) is 19.3 Å². The van der Waals surface area contributed by atoms with Crippen molar-refractivity contribution in [1.82, 2.24) is 4.90 Å². The first-order valence-electron chi connectivity index (χ1n) is 6.51. The summed E-state index contributed by atoms with van der Waals surface area (Å²) < 4.78 is 37.0. The second-order valence-corrected chi connectivity index (χ2v) is 4.44. The fourth-order valence-electron chi connectivity index (χ4n) is 2.09. The van der Waals surface area contributed by atoms with E-state index in [2.05, 4.69) is 0 Å². The zero-order valence-electron chi connectivity index (χ0n) is 11.9. The summed E-state index contributed by atoms with van der Waals surface area (Å²) in [5.41, 5.74) is 6.16. The quantitative estimate of drug-likeness (QED) is 0.749. The van der Waals surface area contributed by atoms with Crippen LogP contribution in [0.3, 0.4) is 0 Å². The highest BCUT2D eigenvalue weighted by Gasteiger charge is 2.22. The van der Waals surface area contributed by atoms with Gasteiger partial charge >= 0.3 is 0 Å². The molecule has 0 amide bonds. The minimum Gasteiger partial charge on any atom is -0.383 e. The van der Waals surface area contributed by atoms with Gasteiger partial charge in [0, 0.05) is 45.5 Å². The minimum absolute atomic E-state index is 0.232. The Kier molecular flexibility index (Phi) is 7.61. The number of benzene rings is 1. The molecule has 0 heterocycles. The molecule has 0 spiro atoms. The van der Waals surface area contributed by atoms with Crippen molar-refractivity contribution >= 4 is 0 Å². The first-order valence-corrected chi connectivity index (χ1v) is 6.51. The number of nitrogens with two attached hydrogens (primary N) is 1. The summed E-state index contributed by atoms with van der Waals surface area (Å²) in [5, 5.41) is 0. The highest BCUT2D eigenvalue weighted by Crippen LogP contribution is 2.23. The summed E-state index contributed by atoms with van der Waals surface area (Å²) >= 11 is 0. The Labute approximate surface area is 118 Å². The third kappa shape index (κ3) is 4.79. The van der Waals surface area contributed by atoms with E-state index in [1.807, 2.05) is 4.90 Å². The molecule has 114 valence electrons. The van der Waals surface area contributed by atoms with Crippen LogP contribution in [0.15, 0.2) is 18.2 Å². The molecule has 1 aromatic carbocycles. The van der Waals surface area contributed by atoms with Crippen molar-refractivity contribution in [2.45, 2.75) is 6.04 Å². The summed E-state index contributed by atoms with van der Waals surface area (Å²) in [5.74, 6) is -1.18. The molecule has 1 atom stereocenters. The van der Waals surface area contributed by atoms with Crippen LogP contribution < -0.4 is 5.73 Å². The van der Waals surface area contributed by atoms with Crippen LogP contribution in [0.5, 0.6) is 0 Å². The number of ether oxygens (including phenoxy) is 2. The molecule has 0 fully saturated rings. The van der Waals surface area contributed by atoms with Crippen LogP contribution in [0.4, 0.5) is 8.78 Å². The SMILES string of the molecule is COCCN(CCOC)C(CN)c1ccc(F)cc1F. The fraction of sp³-hybridized carbons (Fsp3) is 0.571. The van der Waals surface area contributed by atoms with Gasteiger partial charge in [-0.2, -0.15) is 0 Å². The van der Waals surface area contributed by atoms with Gasteiger partial charge in [0.25, 0.3) is 0 Å². The Balaban J connectivity index is 2.92. The number of halogens is 2. The van der Waals surface area contributed by atoms with Crippen LogP contribution in [0.2, 0.25) is 0 Å². The molecule has 0 aliphatic heterocycles. The van der Waals surface area contributed by atoms with E-state index in [9.17, 15) is 8.78 Å². The normalized spacial score (nSPS) is 12.9. The Morgan fingerprint density at radius 2 is 1.75 bits per heavy atom. The van der Waals surface area contributed by atoms with E-state index in [4.69, 9.17) is 15.2 Å². The second-order valence-electron chi connectivity index (χ2n) is 4.44. The Morgan fingerprint density at radius 3 is 2.20 bits per heavy atom. The van der Waals surface area contributed by atoms with E-state index < -0.39 is 11.6 Å². The molecule has 0 radical (unpaired) electrons. The molecule has 1 aromatic rings. The lowest BCUT2D eigenvalue weighted by molar-refractivity contribution is 0.0880. The molecule has 6 heteroatoms. The van der Waals surface area contributed by atoms with Crippen molar-refractivity contribution in [2.75, 3.05) is 47.1 Å². The molecule has 0 saturated heterocycles. The van der Waals surface area contributed by atoms with Gasteiger partial charge in [0.2, 0.25) is 0 Å². The fourth-order valence-corrected chi connectivity index (χ4v) is 2.09. The highest BCUT2D eigenvalue weighted by molar-refractivity contribution is 5.22. The number of methoxy groups -OCH3 is 2. The largest absolute Gasteiger partial charge is 0.383 e. The molecule has 1 unspecified atom stereocenters. The van der Waals surface area contributed by atoms with Crippen LogP contribution in [0.25, 0.3) is 0 Å². The number of hydrogen-bond acceptors (Lipinski definition) is 4. The predicted molar refractivity (Wildman–Crippen MR) is 73.5 cm³/mol. The molecule has 2 N–H and O–H groups in total. The Morgan fingerprint density at radius 1 is 1.15 bits per heavy atom. The van der Waals surface area contributed by atoms with Gasteiger partial charge in [0.15, 0.2) is 0 Å². The second kappa shape index (κ2) is 8.97. The number of rotatable bonds is 9. The molecule has 20 heavy (non-hydrogen) atoms. The molecular formula is C14H22F2N2O2. The summed E-state index contributed by atoms with van der Waals surface area (Å²) in [4.78, 5) is 1.98. The maximum absolute atomic E-state index is 13.9.